The molecule has 3 aromatic rings. The van der Waals surface area contributed by atoms with E-state index >= 15 is 0 Å². The minimum atomic E-state index is -1.09. The number of hydrogen-bond acceptors (Lipinski definition) is 5. The van der Waals surface area contributed by atoms with E-state index in [4.69, 9.17) is 9.47 Å². The lowest BCUT2D eigenvalue weighted by molar-refractivity contribution is -0.131. The topological polar surface area (TPSA) is 89.0 Å². The van der Waals surface area contributed by atoms with Crippen molar-refractivity contribution >= 4 is 39.6 Å². The number of amides is 2. The van der Waals surface area contributed by atoms with Gasteiger partial charge in [0.2, 0.25) is 5.91 Å². The number of nitrogens with zero attached hydrogens (tertiary/aromatic N) is 1. The third kappa shape index (κ3) is 7.39. The summed E-state index contributed by atoms with van der Waals surface area (Å²) in [6.07, 6.45) is 1.43. The quantitative estimate of drug-likeness (QED) is 0.193. The van der Waals surface area contributed by atoms with Crippen LogP contribution in [-0.2, 0) is 16.2 Å². The van der Waals surface area contributed by atoms with Crippen molar-refractivity contribution in [3.8, 4) is 11.5 Å². The van der Waals surface area contributed by atoms with E-state index in [1.54, 1.807) is 18.2 Å². The standard InChI is InChI=1S/C27H27BrFN3O4/c1-4-35-24-14-20(13-21(28)25(24)36-16-19-11-9-17(2)10-12-19)15-30-32-27(34)18(3)26(33)31-23-8-6-5-7-22(23)29/h5-15,18H,4,16H2,1-3H3,(H,31,33)(H,32,34). The molecule has 3 rings (SSSR count). The van der Waals surface area contributed by atoms with Gasteiger partial charge in [0.15, 0.2) is 11.5 Å². The Balaban J connectivity index is 1.63. The van der Waals surface area contributed by atoms with Crippen molar-refractivity contribution in [2.24, 2.45) is 11.0 Å². The van der Waals surface area contributed by atoms with Crippen LogP contribution in [-0.4, -0.2) is 24.6 Å². The number of para-hydroxylation sites is 1. The highest BCUT2D eigenvalue weighted by Gasteiger charge is 2.22. The zero-order valence-corrected chi connectivity index (χ0v) is 21.8. The van der Waals surface area contributed by atoms with Gasteiger partial charge in [-0.2, -0.15) is 5.10 Å². The number of halogens is 2. The van der Waals surface area contributed by atoms with E-state index < -0.39 is 23.5 Å². The molecule has 0 radical (unpaired) electrons. The van der Waals surface area contributed by atoms with Gasteiger partial charge in [-0.3, -0.25) is 9.59 Å². The van der Waals surface area contributed by atoms with Crippen molar-refractivity contribution in [1.82, 2.24) is 5.43 Å². The van der Waals surface area contributed by atoms with Crippen LogP contribution in [0, 0.1) is 18.7 Å². The molecule has 0 aliphatic rings. The Bertz CT molecular complexity index is 1250. The molecule has 0 aliphatic heterocycles. The van der Waals surface area contributed by atoms with Gasteiger partial charge in [0.1, 0.15) is 18.3 Å². The first kappa shape index (κ1) is 26.9. The predicted molar refractivity (Wildman–Crippen MR) is 141 cm³/mol. The van der Waals surface area contributed by atoms with Gasteiger partial charge in [-0.15, -0.1) is 0 Å². The van der Waals surface area contributed by atoms with E-state index in [1.165, 1.54) is 36.9 Å². The van der Waals surface area contributed by atoms with Gasteiger partial charge in [-0.1, -0.05) is 42.0 Å². The zero-order valence-electron chi connectivity index (χ0n) is 20.2. The number of anilines is 1. The molecule has 0 aromatic heterocycles. The number of benzene rings is 3. The predicted octanol–water partition coefficient (Wildman–Crippen LogP) is 5.60. The van der Waals surface area contributed by atoms with Crippen molar-refractivity contribution in [3.05, 3.63) is 87.6 Å². The van der Waals surface area contributed by atoms with Crippen molar-refractivity contribution < 1.29 is 23.5 Å². The van der Waals surface area contributed by atoms with Crippen molar-refractivity contribution in [2.75, 3.05) is 11.9 Å². The monoisotopic (exact) mass is 555 g/mol. The number of carbonyl (C=O) groups is 2. The summed E-state index contributed by atoms with van der Waals surface area (Å²) in [5, 5.41) is 6.34. The molecule has 1 unspecified atom stereocenters. The molecular weight excluding hydrogens is 529 g/mol. The SMILES string of the molecule is CCOc1cc(C=NNC(=O)C(C)C(=O)Nc2ccccc2F)cc(Br)c1OCc1ccc(C)cc1. The van der Waals surface area contributed by atoms with E-state index in [0.29, 0.717) is 34.7 Å². The van der Waals surface area contributed by atoms with Gasteiger partial charge in [0.25, 0.3) is 5.91 Å². The lowest BCUT2D eigenvalue weighted by Crippen LogP contribution is -2.34. The minimum Gasteiger partial charge on any atom is -0.490 e. The molecule has 0 aliphatic carbocycles. The lowest BCUT2D eigenvalue weighted by Gasteiger charge is -2.15. The third-order valence-electron chi connectivity index (χ3n) is 5.14. The Kier molecular flexibility index (Phi) is 9.58. The molecule has 3 aromatic carbocycles. The molecule has 0 bridgehead atoms. The van der Waals surface area contributed by atoms with Crippen LogP contribution < -0.4 is 20.2 Å². The Labute approximate surface area is 217 Å². The average molecular weight is 556 g/mol. The van der Waals surface area contributed by atoms with Crippen LogP contribution in [0.2, 0.25) is 0 Å². The Morgan fingerprint density at radius 1 is 1.08 bits per heavy atom. The maximum absolute atomic E-state index is 13.7. The maximum Gasteiger partial charge on any atom is 0.252 e. The molecule has 2 amide bonds. The molecule has 0 fully saturated rings. The molecule has 0 saturated carbocycles. The van der Waals surface area contributed by atoms with Crippen molar-refractivity contribution in [1.29, 1.82) is 0 Å². The van der Waals surface area contributed by atoms with Crippen LogP contribution >= 0.6 is 15.9 Å². The van der Waals surface area contributed by atoms with Crippen LogP contribution in [0.25, 0.3) is 0 Å². The van der Waals surface area contributed by atoms with Crippen LogP contribution in [0.5, 0.6) is 11.5 Å². The van der Waals surface area contributed by atoms with E-state index in [0.717, 1.165) is 5.56 Å². The lowest BCUT2D eigenvalue weighted by atomic mass is 10.1. The second kappa shape index (κ2) is 12.8. The maximum atomic E-state index is 13.7. The van der Waals surface area contributed by atoms with Crippen LogP contribution in [0.4, 0.5) is 10.1 Å². The number of aryl methyl sites for hydroxylation is 1. The Morgan fingerprint density at radius 3 is 2.50 bits per heavy atom. The van der Waals surface area contributed by atoms with Gasteiger partial charge in [0.05, 0.1) is 23.0 Å². The second-order valence-electron chi connectivity index (χ2n) is 7.96. The normalized spacial score (nSPS) is 11.7. The third-order valence-corrected chi connectivity index (χ3v) is 5.73. The van der Waals surface area contributed by atoms with E-state index in [1.807, 2.05) is 38.1 Å². The van der Waals surface area contributed by atoms with E-state index in [9.17, 15) is 14.0 Å². The summed E-state index contributed by atoms with van der Waals surface area (Å²) in [5.41, 5.74) is 5.17. The summed E-state index contributed by atoms with van der Waals surface area (Å²) in [6.45, 7) is 6.10. The fourth-order valence-corrected chi connectivity index (χ4v) is 3.67. The summed E-state index contributed by atoms with van der Waals surface area (Å²) >= 11 is 3.52. The number of carbonyl (C=O) groups excluding carboxylic acids is 2. The molecular formula is C27H27BrFN3O4. The second-order valence-corrected chi connectivity index (χ2v) is 8.82. The highest BCUT2D eigenvalue weighted by Crippen LogP contribution is 2.37. The highest BCUT2D eigenvalue weighted by atomic mass is 79.9. The zero-order chi connectivity index (χ0) is 26.1. The molecule has 188 valence electrons. The smallest absolute Gasteiger partial charge is 0.252 e. The summed E-state index contributed by atoms with van der Waals surface area (Å²) in [7, 11) is 0. The molecule has 0 spiro atoms. The fourth-order valence-electron chi connectivity index (χ4n) is 3.10. The number of nitrogens with one attached hydrogen (secondary N) is 2. The Hall–Kier alpha value is -3.72. The van der Waals surface area contributed by atoms with Crippen molar-refractivity contribution in [3.63, 3.8) is 0 Å². The van der Waals surface area contributed by atoms with E-state index in [-0.39, 0.29) is 5.69 Å². The van der Waals surface area contributed by atoms with Gasteiger partial charge >= 0.3 is 0 Å². The summed E-state index contributed by atoms with van der Waals surface area (Å²) in [4.78, 5) is 24.6. The summed E-state index contributed by atoms with van der Waals surface area (Å²) in [5.74, 6) is -1.89. The molecule has 0 saturated heterocycles. The number of rotatable bonds is 10. The fraction of sp³-hybridized carbons (Fsp3) is 0.222. The first-order chi connectivity index (χ1) is 17.3. The van der Waals surface area contributed by atoms with Crippen LogP contribution in [0.15, 0.2) is 70.2 Å². The molecule has 1 atom stereocenters. The number of hydrazone groups is 1. The van der Waals surface area contributed by atoms with Crippen LogP contribution in [0.3, 0.4) is 0 Å². The van der Waals surface area contributed by atoms with Gasteiger partial charge < -0.3 is 14.8 Å². The number of ether oxygens (including phenoxy) is 2. The average Bonchev–Trinajstić information content (AvgIpc) is 2.85. The molecule has 36 heavy (non-hydrogen) atoms. The van der Waals surface area contributed by atoms with Gasteiger partial charge in [-0.05, 0) is 72.1 Å². The molecule has 2 N–H and O–H groups in total. The highest BCUT2D eigenvalue weighted by molar-refractivity contribution is 9.10. The van der Waals surface area contributed by atoms with Crippen molar-refractivity contribution in [2.45, 2.75) is 27.4 Å². The first-order valence-electron chi connectivity index (χ1n) is 11.3. The largest absolute Gasteiger partial charge is 0.490 e. The number of hydrogen-bond donors (Lipinski definition) is 2. The molecule has 9 heteroatoms. The van der Waals surface area contributed by atoms with E-state index in [2.05, 4.69) is 31.8 Å². The molecule has 0 heterocycles. The minimum absolute atomic E-state index is 0.00337. The summed E-state index contributed by atoms with van der Waals surface area (Å²) < 4.78 is 26.1. The molecule has 7 nitrogen and oxygen atoms in total. The Morgan fingerprint density at radius 2 is 1.81 bits per heavy atom. The first-order valence-corrected chi connectivity index (χ1v) is 12.1. The van der Waals surface area contributed by atoms with Crippen LogP contribution in [0.1, 0.15) is 30.5 Å². The van der Waals surface area contributed by atoms with Gasteiger partial charge in [0, 0.05) is 0 Å². The summed E-state index contributed by atoms with van der Waals surface area (Å²) in [6, 6.07) is 17.3. The van der Waals surface area contributed by atoms with Gasteiger partial charge in [-0.25, -0.2) is 9.82 Å².